The summed E-state index contributed by atoms with van der Waals surface area (Å²) in [6.07, 6.45) is 3.99. The van der Waals surface area contributed by atoms with Gasteiger partial charge in [-0.05, 0) is 39.7 Å². The van der Waals surface area contributed by atoms with Crippen molar-refractivity contribution in [3.8, 4) is 0 Å². The van der Waals surface area contributed by atoms with Crippen LogP contribution in [0, 0.1) is 5.92 Å². The van der Waals surface area contributed by atoms with Gasteiger partial charge in [-0.25, -0.2) is 0 Å². The average molecular weight is 213 g/mol. The normalized spacial score (nSPS) is 16.1. The Morgan fingerprint density at radius 2 is 2.13 bits per heavy atom. The maximum atomic E-state index is 11.4. The number of rotatable bonds is 7. The van der Waals surface area contributed by atoms with Crippen LogP contribution in [0.2, 0.25) is 0 Å². The van der Waals surface area contributed by atoms with Gasteiger partial charge >= 0.3 is 5.97 Å². The lowest BCUT2D eigenvalue weighted by molar-refractivity contribution is -0.144. The van der Waals surface area contributed by atoms with Crippen molar-refractivity contribution >= 4 is 5.97 Å². The average Bonchev–Trinajstić information content (AvgIpc) is 2.95. The first-order chi connectivity index (χ1) is 7.13. The third kappa shape index (κ3) is 5.17. The maximum Gasteiger partial charge on any atom is 0.320 e. The Hall–Kier alpha value is -0.570. The van der Waals surface area contributed by atoms with Crippen molar-refractivity contribution in [1.82, 2.24) is 4.90 Å². The van der Waals surface area contributed by atoms with Crippen LogP contribution >= 0.6 is 0 Å². The van der Waals surface area contributed by atoms with Gasteiger partial charge in [0.15, 0.2) is 0 Å². The molecule has 0 atom stereocenters. The highest BCUT2D eigenvalue weighted by Gasteiger charge is 2.23. The smallest absolute Gasteiger partial charge is 0.320 e. The zero-order valence-corrected chi connectivity index (χ0v) is 10.2. The molecule has 0 radical (unpaired) electrons. The van der Waals surface area contributed by atoms with E-state index in [9.17, 15) is 4.79 Å². The van der Waals surface area contributed by atoms with Crippen LogP contribution in [0.1, 0.15) is 40.0 Å². The lowest BCUT2D eigenvalue weighted by Gasteiger charge is -2.25. The summed E-state index contributed by atoms with van der Waals surface area (Å²) in [4.78, 5) is 13.6. The first-order valence-electron chi connectivity index (χ1n) is 6.03. The molecular weight excluding hydrogens is 190 g/mol. The summed E-state index contributed by atoms with van der Waals surface area (Å²) in [5.74, 6) is 0.829. The van der Waals surface area contributed by atoms with Gasteiger partial charge in [0.2, 0.25) is 0 Å². The summed E-state index contributed by atoms with van der Waals surface area (Å²) in [5, 5.41) is 0. The van der Waals surface area contributed by atoms with Crippen LogP contribution in [0.15, 0.2) is 0 Å². The minimum atomic E-state index is -0.0954. The number of carbonyl (C=O) groups is 1. The molecule has 1 rings (SSSR count). The first kappa shape index (κ1) is 12.5. The third-order valence-electron chi connectivity index (χ3n) is 2.89. The van der Waals surface area contributed by atoms with E-state index in [-0.39, 0.29) is 5.97 Å². The Morgan fingerprint density at radius 1 is 1.47 bits per heavy atom. The van der Waals surface area contributed by atoms with Gasteiger partial charge < -0.3 is 4.74 Å². The second kappa shape index (κ2) is 6.11. The van der Waals surface area contributed by atoms with Gasteiger partial charge in [-0.15, -0.1) is 0 Å². The van der Waals surface area contributed by atoms with Gasteiger partial charge in [0, 0.05) is 6.04 Å². The summed E-state index contributed by atoms with van der Waals surface area (Å²) < 4.78 is 4.96. The maximum absolute atomic E-state index is 11.4. The lowest BCUT2D eigenvalue weighted by atomic mass is 10.2. The van der Waals surface area contributed by atoms with Crippen LogP contribution in [0.5, 0.6) is 0 Å². The molecule has 0 amide bonds. The fourth-order valence-corrected chi connectivity index (χ4v) is 1.65. The van der Waals surface area contributed by atoms with Gasteiger partial charge in [0.05, 0.1) is 13.2 Å². The molecule has 0 heterocycles. The van der Waals surface area contributed by atoms with E-state index in [0.717, 1.165) is 12.5 Å². The molecule has 1 fully saturated rings. The summed E-state index contributed by atoms with van der Waals surface area (Å²) in [6.45, 7) is 8.06. The van der Waals surface area contributed by atoms with E-state index in [1.807, 2.05) is 6.92 Å². The van der Waals surface area contributed by atoms with Crippen molar-refractivity contribution in [3.63, 3.8) is 0 Å². The molecule has 1 saturated carbocycles. The van der Waals surface area contributed by atoms with Crippen LogP contribution in [0.4, 0.5) is 0 Å². The molecule has 0 aromatic rings. The van der Waals surface area contributed by atoms with Crippen LogP contribution < -0.4 is 0 Å². The minimum Gasteiger partial charge on any atom is -0.465 e. The Morgan fingerprint density at radius 3 is 2.60 bits per heavy atom. The van der Waals surface area contributed by atoms with E-state index in [0.29, 0.717) is 19.2 Å². The minimum absolute atomic E-state index is 0.0954. The Labute approximate surface area is 92.8 Å². The van der Waals surface area contributed by atoms with E-state index in [2.05, 4.69) is 18.7 Å². The Bertz CT molecular complexity index is 200. The molecule has 0 aromatic heterocycles. The molecule has 3 heteroatoms. The quantitative estimate of drug-likeness (QED) is 0.606. The van der Waals surface area contributed by atoms with E-state index < -0.39 is 0 Å². The predicted molar refractivity (Wildman–Crippen MR) is 60.7 cm³/mol. The number of hydrogen-bond acceptors (Lipinski definition) is 3. The molecule has 1 aliphatic rings. The molecule has 0 spiro atoms. The van der Waals surface area contributed by atoms with Crippen molar-refractivity contribution in [2.24, 2.45) is 5.92 Å². The second-order valence-corrected chi connectivity index (χ2v) is 4.60. The van der Waals surface area contributed by atoms with Crippen molar-refractivity contribution in [3.05, 3.63) is 0 Å². The summed E-state index contributed by atoms with van der Waals surface area (Å²) in [5.41, 5.74) is 0. The van der Waals surface area contributed by atoms with Crippen LogP contribution in [0.25, 0.3) is 0 Å². The molecule has 1 aliphatic carbocycles. The van der Waals surface area contributed by atoms with Gasteiger partial charge in [0.1, 0.15) is 0 Å². The molecular formula is C12H23NO2. The zero-order chi connectivity index (χ0) is 11.3. The molecule has 88 valence electrons. The third-order valence-corrected chi connectivity index (χ3v) is 2.89. The van der Waals surface area contributed by atoms with Gasteiger partial charge in [-0.2, -0.15) is 0 Å². The van der Waals surface area contributed by atoms with Crippen LogP contribution in [0.3, 0.4) is 0 Å². The number of ether oxygens (including phenoxy) is 1. The van der Waals surface area contributed by atoms with E-state index in [1.165, 1.54) is 19.3 Å². The number of nitrogens with zero attached hydrogens (tertiary/aromatic N) is 1. The highest BCUT2D eigenvalue weighted by Crippen LogP contribution is 2.32. The fraction of sp³-hybridized carbons (Fsp3) is 0.917. The number of carbonyl (C=O) groups excluding carboxylic acids is 1. The second-order valence-electron chi connectivity index (χ2n) is 4.60. The molecule has 15 heavy (non-hydrogen) atoms. The number of hydrogen-bond donors (Lipinski definition) is 0. The lowest BCUT2D eigenvalue weighted by Crippen LogP contribution is -2.37. The predicted octanol–water partition coefficient (Wildman–Crippen LogP) is 2.06. The Kier molecular flexibility index (Phi) is 5.09. The van der Waals surface area contributed by atoms with Crippen molar-refractivity contribution in [1.29, 1.82) is 0 Å². The van der Waals surface area contributed by atoms with E-state index in [4.69, 9.17) is 4.74 Å². The van der Waals surface area contributed by atoms with Crippen molar-refractivity contribution in [2.45, 2.75) is 46.1 Å². The molecule has 0 aliphatic heterocycles. The van der Waals surface area contributed by atoms with E-state index >= 15 is 0 Å². The SMILES string of the molecule is CCOC(=O)CN(CCC1CC1)C(C)C. The molecule has 0 saturated heterocycles. The molecule has 0 N–H and O–H groups in total. The van der Waals surface area contributed by atoms with Crippen LogP contribution in [-0.2, 0) is 9.53 Å². The largest absolute Gasteiger partial charge is 0.465 e. The highest BCUT2D eigenvalue weighted by atomic mass is 16.5. The Balaban J connectivity index is 2.24. The topological polar surface area (TPSA) is 29.5 Å². The fourth-order valence-electron chi connectivity index (χ4n) is 1.65. The summed E-state index contributed by atoms with van der Waals surface area (Å²) in [6, 6.07) is 0.424. The van der Waals surface area contributed by atoms with Crippen molar-refractivity contribution < 1.29 is 9.53 Å². The molecule has 0 bridgehead atoms. The van der Waals surface area contributed by atoms with Gasteiger partial charge in [0.25, 0.3) is 0 Å². The standard InChI is InChI=1S/C12H23NO2/c1-4-15-12(14)9-13(10(2)3)8-7-11-5-6-11/h10-11H,4-9H2,1-3H3. The zero-order valence-electron chi connectivity index (χ0n) is 10.2. The molecule has 3 nitrogen and oxygen atoms in total. The number of esters is 1. The molecule has 0 aromatic carbocycles. The summed E-state index contributed by atoms with van der Waals surface area (Å²) >= 11 is 0. The molecule has 0 unspecified atom stereocenters. The van der Waals surface area contributed by atoms with Gasteiger partial charge in [-0.3, -0.25) is 9.69 Å². The van der Waals surface area contributed by atoms with Crippen LogP contribution in [-0.4, -0.2) is 36.6 Å². The van der Waals surface area contributed by atoms with Crippen molar-refractivity contribution in [2.75, 3.05) is 19.7 Å². The highest BCUT2D eigenvalue weighted by molar-refractivity contribution is 5.71. The van der Waals surface area contributed by atoms with Gasteiger partial charge in [-0.1, -0.05) is 12.8 Å². The van der Waals surface area contributed by atoms with E-state index in [1.54, 1.807) is 0 Å². The monoisotopic (exact) mass is 213 g/mol. The first-order valence-corrected chi connectivity index (χ1v) is 6.03. The summed E-state index contributed by atoms with van der Waals surface area (Å²) in [7, 11) is 0.